The standard InChI is InChI=1S/C19H24FN3O3S2/c20-15-1-3-18(4-2-15)28(24,25)23-12-5-16(6-13-23)22-10-7-17(8-11-22)26-19-21-9-14-27-19/h1-4,9,14,16-17H,5-8,10-13H2. The van der Waals surface area contributed by atoms with Crippen LogP contribution in [-0.2, 0) is 10.0 Å². The van der Waals surface area contributed by atoms with Crippen molar-refractivity contribution in [3.05, 3.63) is 41.7 Å². The summed E-state index contributed by atoms with van der Waals surface area (Å²) in [6.07, 6.45) is 5.53. The molecule has 9 heteroatoms. The van der Waals surface area contributed by atoms with Crippen LogP contribution in [0.3, 0.4) is 0 Å². The highest BCUT2D eigenvalue weighted by Crippen LogP contribution is 2.27. The molecule has 3 heterocycles. The first-order valence-corrected chi connectivity index (χ1v) is 11.9. The third kappa shape index (κ3) is 4.37. The van der Waals surface area contributed by atoms with Crippen molar-refractivity contribution in [2.45, 2.75) is 42.7 Å². The van der Waals surface area contributed by atoms with E-state index in [2.05, 4.69) is 9.88 Å². The van der Waals surface area contributed by atoms with Crippen molar-refractivity contribution < 1.29 is 17.5 Å². The lowest BCUT2D eigenvalue weighted by atomic mass is 10.00. The Kier molecular flexibility index (Phi) is 5.96. The van der Waals surface area contributed by atoms with Gasteiger partial charge in [-0.25, -0.2) is 17.8 Å². The molecule has 2 fully saturated rings. The molecule has 2 saturated heterocycles. The van der Waals surface area contributed by atoms with E-state index in [0.29, 0.717) is 19.1 Å². The lowest BCUT2D eigenvalue weighted by molar-refractivity contribution is 0.0584. The van der Waals surface area contributed by atoms with Crippen LogP contribution in [0, 0.1) is 5.82 Å². The molecule has 0 saturated carbocycles. The van der Waals surface area contributed by atoms with Crippen LogP contribution in [-0.4, -0.2) is 60.9 Å². The quantitative estimate of drug-likeness (QED) is 0.737. The molecule has 152 valence electrons. The van der Waals surface area contributed by atoms with Crippen molar-refractivity contribution >= 4 is 21.4 Å². The lowest BCUT2D eigenvalue weighted by Crippen LogP contribution is -2.50. The van der Waals surface area contributed by atoms with Crippen LogP contribution in [0.1, 0.15) is 25.7 Å². The van der Waals surface area contributed by atoms with Gasteiger partial charge in [0.05, 0.1) is 4.90 Å². The van der Waals surface area contributed by atoms with E-state index in [0.717, 1.165) is 44.0 Å². The number of halogens is 1. The maximum Gasteiger partial charge on any atom is 0.273 e. The summed E-state index contributed by atoms with van der Waals surface area (Å²) in [5.41, 5.74) is 0. The molecule has 0 spiro atoms. The van der Waals surface area contributed by atoms with E-state index in [4.69, 9.17) is 4.74 Å². The van der Waals surface area contributed by atoms with Crippen LogP contribution in [0.2, 0.25) is 0 Å². The van der Waals surface area contributed by atoms with E-state index < -0.39 is 15.8 Å². The first kappa shape index (κ1) is 19.8. The molecule has 0 aliphatic carbocycles. The Balaban J connectivity index is 1.28. The molecule has 4 rings (SSSR count). The summed E-state index contributed by atoms with van der Waals surface area (Å²) in [5, 5.41) is 2.65. The van der Waals surface area contributed by atoms with E-state index in [9.17, 15) is 12.8 Å². The largest absolute Gasteiger partial charge is 0.467 e. The van der Waals surface area contributed by atoms with Crippen molar-refractivity contribution in [3.8, 4) is 5.19 Å². The van der Waals surface area contributed by atoms with Crippen molar-refractivity contribution in [3.63, 3.8) is 0 Å². The van der Waals surface area contributed by atoms with E-state index in [1.54, 1.807) is 6.20 Å². The molecule has 2 aliphatic heterocycles. The van der Waals surface area contributed by atoms with E-state index in [-0.39, 0.29) is 11.0 Å². The third-order valence-electron chi connectivity index (χ3n) is 5.54. The molecule has 1 aromatic heterocycles. The van der Waals surface area contributed by atoms with Gasteiger partial charge in [-0.3, -0.25) is 0 Å². The summed E-state index contributed by atoms with van der Waals surface area (Å²) in [5.74, 6) is -0.431. The second-order valence-corrected chi connectivity index (χ2v) is 10.0. The predicted octanol–water partition coefficient (Wildman–Crippen LogP) is 2.98. The molecule has 0 unspecified atom stereocenters. The third-order valence-corrected chi connectivity index (χ3v) is 8.12. The molecule has 1 aromatic carbocycles. The monoisotopic (exact) mass is 425 g/mol. The number of nitrogens with zero attached hydrogens (tertiary/aromatic N) is 3. The fourth-order valence-corrected chi connectivity index (χ4v) is 5.99. The number of rotatable bonds is 5. The number of piperidine rings is 2. The fourth-order valence-electron chi connectivity index (χ4n) is 3.97. The van der Waals surface area contributed by atoms with Gasteiger partial charge in [0.15, 0.2) is 0 Å². The summed E-state index contributed by atoms with van der Waals surface area (Å²) in [6, 6.07) is 5.46. The Morgan fingerprint density at radius 3 is 2.32 bits per heavy atom. The minimum absolute atomic E-state index is 0.160. The number of aromatic nitrogens is 1. The number of likely N-dealkylation sites (tertiary alicyclic amines) is 1. The van der Waals surface area contributed by atoms with Crippen LogP contribution in [0.4, 0.5) is 4.39 Å². The van der Waals surface area contributed by atoms with Gasteiger partial charge in [0.1, 0.15) is 11.9 Å². The zero-order valence-electron chi connectivity index (χ0n) is 15.5. The number of ether oxygens (including phenoxy) is 1. The Morgan fingerprint density at radius 2 is 1.71 bits per heavy atom. The highest BCUT2D eigenvalue weighted by molar-refractivity contribution is 7.89. The van der Waals surface area contributed by atoms with E-state index in [1.165, 1.54) is 39.9 Å². The van der Waals surface area contributed by atoms with Gasteiger partial charge in [0.2, 0.25) is 10.0 Å². The summed E-state index contributed by atoms with van der Waals surface area (Å²) in [7, 11) is -3.55. The first-order valence-electron chi connectivity index (χ1n) is 9.58. The van der Waals surface area contributed by atoms with Gasteiger partial charge in [0.25, 0.3) is 5.19 Å². The van der Waals surface area contributed by atoms with Crippen molar-refractivity contribution in [1.29, 1.82) is 0 Å². The van der Waals surface area contributed by atoms with Crippen molar-refractivity contribution in [1.82, 2.24) is 14.2 Å². The zero-order valence-corrected chi connectivity index (χ0v) is 17.2. The van der Waals surface area contributed by atoms with Gasteiger partial charge in [-0.15, -0.1) is 0 Å². The average Bonchev–Trinajstić information content (AvgIpc) is 3.22. The minimum Gasteiger partial charge on any atom is -0.467 e. The minimum atomic E-state index is -3.55. The van der Waals surface area contributed by atoms with Crippen LogP contribution < -0.4 is 4.74 Å². The maximum atomic E-state index is 13.1. The maximum absolute atomic E-state index is 13.1. The van der Waals surface area contributed by atoms with Crippen LogP contribution >= 0.6 is 11.3 Å². The molecule has 2 aromatic rings. The first-order chi connectivity index (χ1) is 13.5. The Labute approximate surface area is 169 Å². The summed E-state index contributed by atoms with van der Waals surface area (Å²) in [6.45, 7) is 2.93. The van der Waals surface area contributed by atoms with Crippen LogP contribution in [0.15, 0.2) is 40.7 Å². The molecule has 0 radical (unpaired) electrons. The van der Waals surface area contributed by atoms with Gasteiger partial charge in [-0.05, 0) is 49.9 Å². The molecule has 28 heavy (non-hydrogen) atoms. The van der Waals surface area contributed by atoms with Gasteiger partial charge in [0, 0.05) is 43.8 Å². The van der Waals surface area contributed by atoms with Gasteiger partial charge >= 0.3 is 0 Å². The molecule has 2 aliphatic rings. The van der Waals surface area contributed by atoms with Crippen LogP contribution in [0.5, 0.6) is 5.19 Å². The van der Waals surface area contributed by atoms with Gasteiger partial charge < -0.3 is 9.64 Å². The topological polar surface area (TPSA) is 62.7 Å². The lowest BCUT2D eigenvalue weighted by Gasteiger charge is -2.41. The highest BCUT2D eigenvalue weighted by atomic mass is 32.2. The molecule has 6 nitrogen and oxygen atoms in total. The fraction of sp³-hybridized carbons (Fsp3) is 0.526. The number of hydrogen-bond donors (Lipinski definition) is 0. The van der Waals surface area contributed by atoms with Gasteiger partial charge in [-0.2, -0.15) is 4.31 Å². The normalized spacial score (nSPS) is 21.0. The number of sulfonamides is 1. The van der Waals surface area contributed by atoms with Crippen molar-refractivity contribution in [2.24, 2.45) is 0 Å². The molecular weight excluding hydrogens is 401 g/mol. The Hall–Kier alpha value is -1.55. The molecule has 0 atom stereocenters. The Morgan fingerprint density at radius 1 is 1.04 bits per heavy atom. The smallest absolute Gasteiger partial charge is 0.273 e. The summed E-state index contributed by atoms with van der Waals surface area (Å²) >= 11 is 1.52. The number of hydrogen-bond acceptors (Lipinski definition) is 6. The second kappa shape index (κ2) is 8.44. The predicted molar refractivity (Wildman–Crippen MR) is 106 cm³/mol. The average molecular weight is 426 g/mol. The highest BCUT2D eigenvalue weighted by Gasteiger charge is 2.33. The number of benzene rings is 1. The van der Waals surface area contributed by atoms with E-state index >= 15 is 0 Å². The molecule has 0 N–H and O–H groups in total. The second-order valence-electron chi connectivity index (χ2n) is 7.24. The van der Waals surface area contributed by atoms with E-state index in [1.807, 2.05) is 5.38 Å². The van der Waals surface area contributed by atoms with Crippen molar-refractivity contribution in [2.75, 3.05) is 26.2 Å². The summed E-state index contributed by atoms with van der Waals surface area (Å²) in [4.78, 5) is 6.80. The zero-order chi connectivity index (χ0) is 19.6. The SMILES string of the molecule is O=S(=O)(c1ccc(F)cc1)N1CCC(N2CCC(Oc3nccs3)CC2)CC1. The van der Waals surface area contributed by atoms with Gasteiger partial charge in [-0.1, -0.05) is 11.3 Å². The molecule has 0 amide bonds. The molecule has 0 bridgehead atoms. The summed E-state index contributed by atoms with van der Waals surface area (Å²) < 4.78 is 46.0. The number of thiazole rings is 1. The Bertz CT molecular complexity index is 858. The van der Waals surface area contributed by atoms with Crippen LogP contribution in [0.25, 0.3) is 0 Å². The molecular formula is C19H24FN3O3S2.